The van der Waals surface area contributed by atoms with Crippen LogP contribution in [0.1, 0.15) is 10.5 Å². The van der Waals surface area contributed by atoms with E-state index < -0.39 is 0 Å². The lowest BCUT2D eigenvalue weighted by Crippen LogP contribution is -2.27. The van der Waals surface area contributed by atoms with Gasteiger partial charge in [-0.15, -0.1) is 10.2 Å². The molecule has 21 heavy (non-hydrogen) atoms. The number of halogens is 1. The fraction of sp³-hybridized carbons (Fsp3) is 0.214. The van der Waals surface area contributed by atoms with Crippen LogP contribution in [-0.4, -0.2) is 36.4 Å². The number of para-hydroxylation sites is 1. The number of benzene rings is 1. The lowest BCUT2D eigenvalue weighted by molar-refractivity contribution is 0.0931. The molecule has 6 nitrogen and oxygen atoms in total. The minimum absolute atomic E-state index is 0.267. The van der Waals surface area contributed by atoms with Crippen LogP contribution in [0.25, 0.3) is 0 Å². The number of hydrogen-bond donors (Lipinski definition) is 2. The molecule has 0 atom stereocenters. The second kappa shape index (κ2) is 7.70. The summed E-state index contributed by atoms with van der Waals surface area (Å²) in [5, 5.41) is 13.7. The van der Waals surface area contributed by atoms with Crippen LogP contribution in [0.5, 0.6) is 0 Å². The van der Waals surface area contributed by atoms with Crippen molar-refractivity contribution in [1.29, 1.82) is 0 Å². The highest BCUT2D eigenvalue weighted by Crippen LogP contribution is 2.23. The first-order valence-electron chi connectivity index (χ1n) is 6.33. The molecule has 2 N–H and O–H groups in total. The van der Waals surface area contributed by atoms with E-state index in [4.69, 9.17) is 4.74 Å². The Hall–Kier alpha value is -1.99. The summed E-state index contributed by atoms with van der Waals surface area (Å²) in [6.45, 7) is 0.898. The van der Waals surface area contributed by atoms with E-state index >= 15 is 0 Å². The van der Waals surface area contributed by atoms with Gasteiger partial charge in [-0.05, 0) is 40.2 Å². The maximum absolute atomic E-state index is 11.7. The number of ether oxygens (including phenoxy) is 1. The number of anilines is 2. The third-order valence-corrected chi connectivity index (χ3v) is 3.32. The molecular weight excluding hydrogens is 336 g/mol. The normalized spacial score (nSPS) is 10.2. The molecule has 0 bridgehead atoms. The Labute approximate surface area is 131 Å². The average Bonchev–Trinajstić information content (AvgIpc) is 2.50. The third-order valence-electron chi connectivity index (χ3n) is 2.63. The molecule has 1 amide bonds. The van der Waals surface area contributed by atoms with Crippen molar-refractivity contribution >= 4 is 33.3 Å². The Balaban J connectivity index is 1.99. The fourth-order valence-corrected chi connectivity index (χ4v) is 1.96. The van der Waals surface area contributed by atoms with Crippen LogP contribution in [0.2, 0.25) is 0 Å². The van der Waals surface area contributed by atoms with Crippen LogP contribution in [0.15, 0.2) is 40.9 Å². The lowest BCUT2D eigenvalue weighted by atomic mass is 10.3. The minimum atomic E-state index is -0.271. The number of aromatic nitrogens is 2. The SMILES string of the molecule is COCCNC(=O)c1ccc(Nc2ccccc2Br)nn1. The molecule has 2 rings (SSSR count). The van der Waals surface area contributed by atoms with E-state index in [2.05, 4.69) is 36.8 Å². The molecule has 0 aliphatic rings. The van der Waals surface area contributed by atoms with Gasteiger partial charge in [-0.2, -0.15) is 0 Å². The highest BCUT2D eigenvalue weighted by atomic mass is 79.9. The summed E-state index contributed by atoms with van der Waals surface area (Å²) in [6.07, 6.45) is 0. The number of rotatable bonds is 6. The van der Waals surface area contributed by atoms with Gasteiger partial charge in [0.2, 0.25) is 0 Å². The predicted molar refractivity (Wildman–Crippen MR) is 83.7 cm³/mol. The van der Waals surface area contributed by atoms with E-state index in [0.717, 1.165) is 10.2 Å². The van der Waals surface area contributed by atoms with Crippen molar-refractivity contribution in [2.45, 2.75) is 0 Å². The Morgan fingerprint density at radius 2 is 2.05 bits per heavy atom. The maximum Gasteiger partial charge on any atom is 0.271 e. The molecule has 2 aromatic rings. The van der Waals surface area contributed by atoms with E-state index in [-0.39, 0.29) is 11.6 Å². The quantitative estimate of drug-likeness (QED) is 0.782. The Bertz CT molecular complexity index is 604. The second-order valence-corrected chi connectivity index (χ2v) is 5.01. The molecular formula is C14H15BrN4O2. The Morgan fingerprint density at radius 1 is 1.24 bits per heavy atom. The molecule has 0 aliphatic carbocycles. The molecule has 0 saturated heterocycles. The molecule has 0 aliphatic heterocycles. The monoisotopic (exact) mass is 350 g/mol. The van der Waals surface area contributed by atoms with Crippen molar-refractivity contribution in [2.24, 2.45) is 0 Å². The highest BCUT2D eigenvalue weighted by molar-refractivity contribution is 9.10. The van der Waals surface area contributed by atoms with Gasteiger partial charge in [0.1, 0.15) is 0 Å². The summed E-state index contributed by atoms with van der Waals surface area (Å²) < 4.78 is 5.78. The van der Waals surface area contributed by atoms with Crippen LogP contribution < -0.4 is 10.6 Å². The number of nitrogens with one attached hydrogen (secondary N) is 2. The second-order valence-electron chi connectivity index (χ2n) is 4.16. The minimum Gasteiger partial charge on any atom is -0.383 e. The van der Waals surface area contributed by atoms with Gasteiger partial charge in [0.25, 0.3) is 5.91 Å². The van der Waals surface area contributed by atoms with Gasteiger partial charge in [0.05, 0.1) is 12.3 Å². The van der Waals surface area contributed by atoms with Gasteiger partial charge < -0.3 is 15.4 Å². The number of methoxy groups -OCH3 is 1. The lowest BCUT2D eigenvalue weighted by Gasteiger charge is -2.07. The average molecular weight is 351 g/mol. The van der Waals surface area contributed by atoms with Crippen molar-refractivity contribution in [3.63, 3.8) is 0 Å². The molecule has 1 heterocycles. The molecule has 0 saturated carbocycles. The van der Waals surface area contributed by atoms with Gasteiger partial charge in [0.15, 0.2) is 11.5 Å². The summed E-state index contributed by atoms with van der Waals surface area (Å²) in [5.41, 5.74) is 1.15. The van der Waals surface area contributed by atoms with E-state index in [9.17, 15) is 4.79 Å². The van der Waals surface area contributed by atoms with Crippen LogP contribution in [0.4, 0.5) is 11.5 Å². The largest absolute Gasteiger partial charge is 0.383 e. The number of carbonyl (C=O) groups excluding carboxylic acids is 1. The number of amides is 1. The summed E-state index contributed by atoms with van der Waals surface area (Å²) in [5.74, 6) is 0.294. The zero-order valence-corrected chi connectivity index (χ0v) is 13.1. The standard InChI is InChI=1S/C14H15BrN4O2/c1-21-9-8-16-14(20)12-6-7-13(19-18-12)17-11-5-3-2-4-10(11)15/h2-7H,8-9H2,1H3,(H,16,20)(H,17,19). The summed E-state index contributed by atoms with van der Waals surface area (Å²) >= 11 is 3.44. The predicted octanol–water partition coefficient (Wildman–Crippen LogP) is 2.36. The Morgan fingerprint density at radius 3 is 2.71 bits per heavy atom. The van der Waals surface area contributed by atoms with Gasteiger partial charge in [-0.1, -0.05) is 12.1 Å². The van der Waals surface area contributed by atoms with E-state index in [1.54, 1.807) is 19.2 Å². The van der Waals surface area contributed by atoms with Crippen LogP contribution in [0, 0.1) is 0 Å². The Kier molecular flexibility index (Phi) is 5.65. The summed E-state index contributed by atoms with van der Waals surface area (Å²) in [6, 6.07) is 11.0. The fourth-order valence-electron chi connectivity index (χ4n) is 1.58. The van der Waals surface area contributed by atoms with Crippen molar-refractivity contribution in [1.82, 2.24) is 15.5 Å². The van der Waals surface area contributed by atoms with Gasteiger partial charge in [-0.25, -0.2) is 0 Å². The molecule has 0 radical (unpaired) electrons. The molecule has 110 valence electrons. The van der Waals surface area contributed by atoms with Gasteiger partial charge >= 0.3 is 0 Å². The number of hydrogen-bond acceptors (Lipinski definition) is 5. The van der Waals surface area contributed by atoms with Crippen LogP contribution in [0.3, 0.4) is 0 Å². The first kappa shape index (κ1) is 15.4. The number of carbonyl (C=O) groups is 1. The molecule has 7 heteroatoms. The van der Waals surface area contributed by atoms with Crippen LogP contribution in [-0.2, 0) is 4.74 Å². The van der Waals surface area contributed by atoms with Gasteiger partial charge in [-0.3, -0.25) is 4.79 Å². The van der Waals surface area contributed by atoms with Crippen molar-refractivity contribution < 1.29 is 9.53 Å². The molecule has 0 unspecified atom stereocenters. The van der Waals surface area contributed by atoms with Crippen molar-refractivity contribution in [2.75, 3.05) is 25.6 Å². The van der Waals surface area contributed by atoms with E-state index in [1.807, 2.05) is 24.3 Å². The van der Waals surface area contributed by atoms with Crippen LogP contribution >= 0.6 is 15.9 Å². The molecule has 1 aromatic carbocycles. The maximum atomic E-state index is 11.7. The van der Waals surface area contributed by atoms with Crippen molar-refractivity contribution in [3.8, 4) is 0 Å². The zero-order chi connectivity index (χ0) is 15.1. The van der Waals surface area contributed by atoms with E-state index in [1.165, 1.54) is 0 Å². The molecule has 1 aromatic heterocycles. The smallest absolute Gasteiger partial charge is 0.271 e. The third kappa shape index (κ3) is 4.51. The molecule has 0 fully saturated rings. The zero-order valence-electron chi connectivity index (χ0n) is 11.5. The van der Waals surface area contributed by atoms with Gasteiger partial charge in [0, 0.05) is 18.1 Å². The first-order valence-corrected chi connectivity index (χ1v) is 7.12. The first-order chi connectivity index (χ1) is 10.2. The van der Waals surface area contributed by atoms with E-state index in [0.29, 0.717) is 19.0 Å². The number of nitrogens with zero attached hydrogens (tertiary/aromatic N) is 2. The molecule has 0 spiro atoms. The summed E-state index contributed by atoms with van der Waals surface area (Å²) in [7, 11) is 1.58. The topological polar surface area (TPSA) is 76.1 Å². The summed E-state index contributed by atoms with van der Waals surface area (Å²) in [4.78, 5) is 11.7. The highest BCUT2D eigenvalue weighted by Gasteiger charge is 2.08. The van der Waals surface area contributed by atoms with Crippen molar-refractivity contribution in [3.05, 3.63) is 46.6 Å².